The summed E-state index contributed by atoms with van der Waals surface area (Å²) in [5.74, 6) is -0.774. The summed E-state index contributed by atoms with van der Waals surface area (Å²) in [5, 5.41) is 3.12. The summed E-state index contributed by atoms with van der Waals surface area (Å²) < 4.78 is 39.9. The van der Waals surface area contributed by atoms with Gasteiger partial charge in [-0.05, 0) is 30.7 Å². The zero-order valence-electron chi connectivity index (χ0n) is 11.0. The molecule has 0 aliphatic heterocycles. The number of alkyl halides is 3. The van der Waals surface area contributed by atoms with Crippen LogP contribution in [0, 0.1) is 0 Å². The van der Waals surface area contributed by atoms with E-state index in [4.69, 9.17) is 5.73 Å². The maximum Gasteiger partial charge on any atom is 0.573 e. The highest BCUT2D eigenvalue weighted by Crippen LogP contribution is 2.25. The largest absolute Gasteiger partial charge is 0.573 e. The van der Waals surface area contributed by atoms with Crippen LogP contribution in [-0.2, 0) is 4.79 Å². The Bertz CT molecular complexity index is 432. The van der Waals surface area contributed by atoms with Crippen LogP contribution in [0.15, 0.2) is 24.3 Å². The van der Waals surface area contributed by atoms with Crippen molar-refractivity contribution < 1.29 is 22.7 Å². The zero-order valence-corrected chi connectivity index (χ0v) is 11.0. The smallest absolute Gasteiger partial charge is 0.406 e. The van der Waals surface area contributed by atoms with E-state index in [1.807, 2.05) is 6.92 Å². The Balaban J connectivity index is 2.78. The van der Waals surface area contributed by atoms with Crippen LogP contribution in [0.1, 0.15) is 31.4 Å². The molecule has 4 nitrogen and oxygen atoms in total. The molecule has 1 atom stereocenters. The number of halogens is 3. The highest BCUT2D eigenvalue weighted by Gasteiger charge is 2.31. The quantitative estimate of drug-likeness (QED) is 0.811. The number of carbonyl (C=O) groups is 1. The molecule has 0 aromatic heterocycles. The third-order valence-electron chi connectivity index (χ3n) is 2.56. The molecule has 1 aromatic rings. The molecule has 112 valence electrons. The lowest BCUT2D eigenvalue weighted by molar-refractivity contribution is -0.274. The monoisotopic (exact) mass is 290 g/mol. The van der Waals surface area contributed by atoms with E-state index in [0.29, 0.717) is 12.1 Å². The fourth-order valence-corrected chi connectivity index (χ4v) is 1.73. The van der Waals surface area contributed by atoms with Crippen LogP contribution >= 0.6 is 0 Å². The van der Waals surface area contributed by atoms with E-state index in [1.165, 1.54) is 24.3 Å². The summed E-state index contributed by atoms with van der Waals surface area (Å²) in [5.41, 5.74) is 5.85. The molecule has 1 amide bonds. The van der Waals surface area contributed by atoms with Crippen molar-refractivity contribution in [3.05, 3.63) is 29.8 Å². The molecule has 0 fully saturated rings. The van der Waals surface area contributed by atoms with Gasteiger partial charge in [0, 0.05) is 12.5 Å². The highest BCUT2D eigenvalue weighted by atomic mass is 19.4. The summed E-state index contributed by atoms with van der Waals surface area (Å²) in [4.78, 5) is 11.0. The van der Waals surface area contributed by atoms with Crippen LogP contribution in [0.4, 0.5) is 13.2 Å². The number of carbonyl (C=O) groups excluding carboxylic acids is 1. The number of nitrogens with one attached hydrogen (secondary N) is 1. The first-order chi connectivity index (χ1) is 9.31. The number of amides is 1. The van der Waals surface area contributed by atoms with Crippen LogP contribution < -0.4 is 15.8 Å². The Morgan fingerprint density at radius 2 is 1.95 bits per heavy atom. The summed E-state index contributed by atoms with van der Waals surface area (Å²) in [6, 6.07) is 5.08. The molecule has 7 heteroatoms. The molecule has 0 saturated carbocycles. The maximum absolute atomic E-state index is 12.0. The minimum absolute atomic E-state index is 0.0828. The second-order valence-corrected chi connectivity index (χ2v) is 4.29. The van der Waals surface area contributed by atoms with Gasteiger partial charge in [0.05, 0.1) is 0 Å². The Hall–Kier alpha value is -1.76. The van der Waals surface area contributed by atoms with E-state index in [-0.39, 0.29) is 18.2 Å². The molecule has 3 N–H and O–H groups in total. The molecule has 20 heavy (non-hydrogen) atoms. The van der Waals surface area contributed by atoms with Gasteiger partial charge in [-0.15, -0.1) is 13.2 Å². The molecule has 1 aromatic carbocycles. The molecule has 0 bridgehead atoms. The van der Waals surface area contributed by atoms with Crippen LogP contribution in [0.3, 0.4) is 0 Å². The Morgan fingerprint density at radius 3 is 2.40 bits per heavy atom. The first-order valence-electron chi connectivity index (χ1n) is 6.19. The number of nitrogens with two attached hydrogens (primary N) is 1. The summed E-state index contributed by atoms with van der Waals surface area (Å²) in [6.45, 7) is 2.65. The van der Waals surface area contributed by atoms with Crippen LogP contribution in [0.2, 0.25) is 0 Å². The van der Waals surface area contributed by atoms with Crippen molar-refractivity contribution in [2.75, 3.05) is 6.54 Å². The second kappa shape index (κ2) is 7.14. The van der Waals surface area contributed by atoms with E-state index < -0.39 is 12.3 Å². The fourth-order valence-electron chi connectivity index (χ4n) is 1.73. The van der Waals surface area contributed by atoms with Gasteiger partial charge >= 0.3 is 6.36 Å². The Kier molecular flexibility index (Phi) is 5.82. The van der Waals surface area contributed by atoms with E-state index in [0.717, 1.165) is 6.42 Å². The molecule has 0 heterocycles. The van der Waals surface area contributed by atoms with Gasteiger partial charge in [-0.2, -0.15) is 0 Å². The van der Waals surface area contributed by atoms with Gasteiger partial charge in [-0.3, -0.25) is 4.79 Å². The summed E-state index contributed by atoms with van der Waals surface area (Å²) in [6.07, 6.45) is -3.77. The van der Waals surface area contributed by atoms with E-state index in [2.05, 4.69) is 10.1 Å². The van der Waals surface area contributed by atoms with Gasteiger partial charge in [0.25, 0.3) is 0 Å². The number of ether oxygens (including phenoxy) is 1. The highest BCUT2D eigenvalue weighted by molar-refractivity contribution is 5.74. The van der Waals surface area contributed by atoms with Gasteiger partial charge in [0.15, 0.2) is 0 Å². The molecule has 1 rings (SSSR count). The van der Waals surface area contributed by atoms with E-state index >= 15 is 0 Å². The predicted molar refractivity (Wildman–Crippen MR) is 68.0 cm³/mol. The predicted octanol–water partition coefficient (Wildman–Crippen LogP) is 2.50. The SMILES string of the molecule is CCCNC(CC(N)=O)c1ccc(OC(F)(F)F)cc1. The first kappa shape index (κ1) is 16.3. The minimum atomic E-state index is -4.71. The molecular formula is C13H17F3N2O2. The van der Waals surface area contributed by atoms with Gasteiger partial charge < -0.3 is 15.8 Å². The number of primary amides is 1. The average molecular weight is 290 g/mol. The third kappa shape index (κ3) is 5.92. The molecule has 0 radical (unpaired) electrons. The van der Waals surface area contributed by atoms with Gasteiger partial charge in [-0.25, -0.2) is 0 Å². The lowest BCUT2D eigenvalue weighted by Crippen LogP contribution is -2.27. The van der Waals surface area contributed by atoms with Crippen molar-refractivity contribution in [3.8, 4) is 5.75 Å². The van der Waals surface area contributed by atoms with E-state index in [9.17, 15) is 18.0 Å². The third-order valence-corrected chi connectivity index (χ3v) is 2.56. The number of rotatable bonds is 7. The second-order valence-electron chi connectivity index (χ2n) is 4.29. The van der Waals surface area contributed by atoms with Crippen molar-refractivity contribution in [1.82, 2.24) is 5.32 Å². The van der Waals surface area contributed by atoms with Crippen molar-refractivity contribution in [3.63, 3.8) is 0 Å². The van der Waals surface area contributed by atoms with E-state index in [1.54, 1.807) is 0 Å². The van der Waals surface area contributed by atoms with Gasteiger partial charge in [0.1, 0.15) is 5.75 Å². The average Bonchev–Trinajstić information content (AvgIpc) is 2.33. The number of hydrogen-bond donors (Lipinski definition) is 2. The molecule has 0 spiro atoms. The minimum Gasteiger partial charge on any atom is -0.406 e. The van der Waals surface area contributed by atoms with Gasteiger partial charge in [0.2, 0.25) is 5.91 Å². The Labute approximate surface area is 115 Å². The zero-order chi connectivity index (χ0) is 15.2. The standard InChI is InChI=1S/C13H17F3N2O2/c1-2-7-18-11(8-12(17)19)9-3-5-10(6-4-9)20-13(14,15)16/h3-6,11,18H,2,7-8H2,1H3,(H2,17,19). The normalized spacial score (nSPS) is 13.0. The Morgan fingerprint density at radius 1 is 1.35 bits per heavy atom. The molecule has 0 saturated heterocycles. The van der Waals surface area contributed by atoms with Crippen LogP contribution in [-0.4, -0.2) is 18.8 Å². The lowest BCUT2D eigenvalue weighted by atomic mass is 10.0. The summed E-state index contributed by atoms with van der Waals surface area (Å²) >= 11 is 0. The number of benzene rings is 1. The molecular weight excluding hydrogens is 273 g/mol. The number of hydrogen-bond acceptors (Lipinski definition) is 3. The maximum atomic E-state index is 12.0. The van der Waals surface area contributed by atoms with Gasteiger partial charge in [-0.1, -0.05) is 19.1 Å². The molecule has 1 unspecified atom stereocenters. The van der Waals surface area contributed by atoms with Crippen LogP contribution in [0.25, 0.3) is 0 Å². The topological polar surface area (TPSA) is 64.3 Å². The van der Waals surface area contributed by atoms with Crippen LogP contribution in [0.5, 0.6) is 5.75 Å². The van der Waals surface area contributed by atoms with Crippen molar-refractivity contribution in [2.45, 2.75) is 32.2 Å². The fraction of sp³-hybridized carbons (Fsp3) is 0.462. The lowest BCUT2D eigenvalue weighted by Gasteiger charge is -2.18. The van der Waals surface area contributed by atoms with Crippen molar-refractivity contribution in [1.29, 1.82) is 0 Å². The van der Waals surface area contributed by atoms with Crippen molar-refractivity contribution in [2.24, 2.45) is 5.73 Å². The first-order valence-corrected chi connectivity index (χ1v) is 6.19. The molecule has 0 aliphatic rings. The van der Waals surface area contributed by atoms with Crippen molar-refractivity contribution >= 4 is 5.91 Å². The summed E-state index contributed by atoms with van der Waals surface area (Å²) in [7, 11) is 0. The molecule has 0 aliphatic carbocycles.